The van der Waals surface area contributed by atoms with Crippen molar-refractivity contribution in [1.29, 1.82) is 5.26 Å². The SMILES string of the molecule is CC(CNc1cccc(Br)c1C#N)c1nccs1. The first-order valence-corrected chi connectivity index (χ1v) is 7.21. The van der Waals surface area contributed by atoms with Crippen LogP contribution in [-0.2, 0) is 0 Å². The molecule has 2 aromatic rings. The van der Waals surface area contributed by atoms with Crippen LogP contribution in [0.4, 0.5) is 5.69 Å². The van der Waals surface area contributed by atoms with Gasteiger partial charge in [0.2, 0.25) is 0 Å². The van der Waals surface area contributed by atoms with Crippen molar-refractivity contribution in [2.75, 3.05) is 11.9 Å². The van der Waals surface area contributed by atoms with Crippen LogP contribution in [0.15, 0.2) is 34.2 Å². The van der Waals surface area contributed by atoms with Gasteiger partial charge in [-0.05, 0) is 28.1 Å². The number of nitrogens with one attached hydrogen (secondary N) is 1. The Hall–Kier alpha value is -1.38. The van der Waals surface area contributed by atoms with E-state index in [2.05, 4.69) is 39.2 Å². The zero-order valence-electron chi connectivity index (χ0n) is 9.85. The number of hydrogen-bond acceptors (Lipinski definition) is 4. The molecule has 0 saturated heterocycles. The Morgan fingerprint density at radius 2 is 2.39 bits per heavy atom. The minimum atomic E-state index is 0.329. The molecule has 1 aromatic heterocycles. The van der Waals surface area contributed by atoms with Crippen LogP contribution in [0.5, 0.6) is 0 Å². The van der Waals surface area contributed by atoms with Gasteiger partial charge in [0.25, 0.3) is 0 Å². The van der Waals surface area contributed by atoms with Crippen molar-refractivity contribution in [2.45, 2.75) is 12.8 Å². The van der Waals surface area contributed by atoms with Gasteiger partial charge in [0.05, 0.1) is 16.3 Å². The van der Waals surface area contributed by atoms with E-state index in [0.717, 1.165) is 21.7 Å². The van der Waals surface area contributed by atoms with E-state index in [4.69, 9.17) is 5.26 Å². The molecule has 1 atom stereocenters. The lowest BCUT2D eigenvalue weighted by Crippen LogP contribution is -2.10. The van der Waals surface area contributed by atoms with E-state index < -0.39 is 0 Å². The number of thiazole rings is 1. The van der Waals surface area contributed by atoms with Crippen molar-refractivity contribution in [3.8, 4) is 6.07 Å². The molecule has 0 saturated carbocycles. The first kappa shape index (κ1) is 13.1. The molecule has 0 aliphatic carbocycles. The van der Waals surface area contributed by atoms with Crippen LogP contribution in [0, 0.1) is 11.3 Å². The second-order valence-corrected chi connectivity index (χ2v) is 5.71. The van der Waals surface area contributed by atoms with Crippen LogP contribution in [0.25, 0.3) is 0 Å². The van der Waals surface area contributed by atoms with Crippen LogP contribution in [0.2, 0.25) is 0 Å². The molecule has 92 valence electrons. The number of hydrogen-bond donors (Lipinski definition) is 1. The van der Waals surface area contributed by atoms with E-state index in [9.17, 15) is 0 Å². The van der Waals surface area contributed by atoms with Crippen molar-refractivity contribution in [1.82, 2.24) is 4.98 Å². The average molecular weight is 322 g/mol. The number of halogens is 1. The molecule has 3 nitrogen and oxygen atoms in total. The Labute approximate surface area is 119 Å². The Morgan fingerprint density at radius 1 is 1.56 bits per heavy atom. The van der Waals surface area contributed by atoms with Gasteiger partial charge in [0.1, 0.15) is 6.07 Å². The van der Waals surface area contributed by atoms with Gasteiger partial charge in [0, 0.05) is 28.5 Å². The molecule has 0 aliphatic heterocycles. The molecule has 0 aliphatic rings. The molecule has 1 aromatic carbocycles. The predicted octanol–water partition coefficient (Wildman–Crippen LogP) is 3.99. The molecule has 18 heavy (non-hydrogen) atoms. The molecule has 0 radical (unpaired) electrons. The maximum absolute atomic E-state index is 9.12. The highest BCUT2D eigenvalue weighted by Gasteiger charge is 2.10. The van der Waals surface area contributed by atoms with E-state index in [1.807, 2.05) is 29.8 Å². The summed E-state index contributed by atoms with van der Waals surface area (Å²) in [6.45, 7) is 2.88. The minimum Gasteiger partial charge on any atom is -0.383 e. The lowest BCUT2D eigenvalue weighted by atomic mass is 10.1. The highest BCUT2D eigenvalue weighted by molar-refractivity contribution is 9.10. The summed E-state index contributed by atoms with van der Waals surface area (Å²) in [6, 6.07) is 7.90. The molecule has 0 fully saturated rings. The standard InChI is InChI=1S/C13H12BrN3S/c1-9(13-16-5-6-18-13)8-17-12-4-2-3-11(14)10(12)7-15/h2-6,9,17H,8H2,1H3. The smallest absolute Gasteiger partial charge is 0.103 e. The molecule has 0 spiro atoms. The molecular formula is C13H12BrN3S. The number of nitriles is 1. The van der Waals surface area contributed by atoms with Crippen molar-refractivity contribution in [2.24, 2.45) is 0 Å². The molecule has 0 amide bonds. The zero-order valence-corrected chi connectivity index (χ0v) is 12.3. The fraction of sp³-hybridized carbons (Fsp3) is 0.231. The van der Waals surface area contributed by atoms with Gasteiger partial charge >= 0.3 is 0 Å². The molecule has 0 bridgehead atoms. The Balaban J connectivity index is 2.07. The normalized spacial score (nSPS) is 11.8. The molecule has 5 heteroatoms. The first-order chi connectivity index (χ1) is 8.72. The summed E-state index contributed by atoms with van der Waals surface area (Å²) < 4.78 is 0.817. The van der Waals surface area contributed by atoms with Gasteiger partial charge < -0.3 is 5.32 Å². The molecule has 1 heterocycles. The molecular weight excluding hydrogens is 310 g/mol. The summed E-state index contributed by atoms with van der Waals surface area (Å²) in [7, 11) is 0. The van der Waals surface area contributed by atoms with Crippen molar-refractivity contribution in [3.63, 3.8) is 0 Å². The van der Waals surface area contributed by atoms with Gasteiger partial charge in [-0.15, -0.1) is 11.3 Å². The van der Waals surface area contributed by atoms with E-state index in [0.29, 0.717) is 11.5 Å². The molecule has 1 N–H and O–H groups in total. The number of benzene rings is 1. The van der Waals surface area contributed by atoms with Gasteiger partial charge in [-0.2, -0.15) is 5.26 Å². The highest BCUT2D eigenvalue weighted by atomic mass is 79.9. The third-order valence-electron chi connectivity index (χ3n) is 2.60. The van der Waals surface area contributed by atoms with Crippen LogP contribution < -0.4 is 5.32 Å². The topological polar surface area (TPSA) is 48.7 Å². The Bertz CT molecular complexity index is 560. The molecule has 2 rings (SSSR count). The monoisotopic (exact) mass is 321 g/mol. The summed E-state index contributed by atoms with van der Waals surface area (Å²) in [5.74, 6) is 0.329. The lowest BCUT2D eigenvalue weighted by molar-refractivity contribution is 0.795. The van der Waals surface area contributed by atoms with E-state index >= 15 is 0 Å². The number of anilines is 1. The maximum Gasteiger partial charge on any atom is 0.103 e. The van der Waals surface area contributed by atoms with Crippen LogP contribution in [0.1, 0.15) is 23.4 Å². The number of rotatable bonds is 4. The van der Waals surface area contributed by atoms with E-state index in [1.165, 1.54) is 0 Å². The third-order valence-corrected chi connectivity index (χ3v) is 4.27. The zero-order chi connectivity index (χ0) is 13.0. The van der Waals surface area contributed by atoms with Crippen LogP contribution >= 0.6 is 27.3 Å². The summed E-state index contributed by atoms with van der Waals surface area (Å²) in [5.41, 5.74) is 1.50. The summed E-state index contributed by atoms with van der Waals surface area (Å²) in [6.07, 6.45) is 1.82. The maximum atomic E-state index is 9.12. The van der Waals surface area contributed by atoms with Gasteiger partial charge in [-0.3, -0.25) is 0 Å². The van der Waals surface area contributed by atoms with Gasteiger partial charge in [-0.25, -0.2) is 4.98 Å². The third kappa shape index (κ3) is 2.89. The van der Waals surface area contributed by atoms with Crippen molar-refractivity contribution < 1.29 is 0 Å². The van der Waals surface area contributed by atoms with Crippen LogP contribution in [-0.4, -0.2) is 11.5 Å². The van der Waals surface area contributed by atoms with Crippen molar-refractivity contribution >= 4 is 33.0 Å². The van der Waals surface area contributed by atoms with Gasteiger partial charge in [0.15, 0.2) is 0 Å². The number of nitrogens with zero attached hydrogens (tertiary/aromatic N) is 2. The van der Waals surface area contributed by atoms with Crippen LogP contribution in [0.3, 0.4) is 0 Å². The summed E-state index contributed by atoms with van der Waals surface area (Å²) in [4.78, 5) is 4.29. The minimum absolute atomic E-state index is 0.329. The highest BCUT2D eigenvalue weighted by Crippen LogP contribution is 2.25. The Kier molecular flexibility index (Phi) is 4.34. The van der Waals surface area contributed by atoms with E-state index in [-0.39, 0.29) is 0 Å². The van der Waals surface area contributed by atoms with Crippen molar-refractivity contribution in [3.05, 3.63) is 44.8 Å². The molecule has 1 unspecified atom stereocenters. The largest absolute Gasteiger partial charge is 0.383 e. The second-order valence-electron chi connectivity index (χ2n) is 3.93. The fourth-order valence-electron chi connectivity index (χ4n) is 1.61. The van der Waals surface area contributed by atoms with Gasteiger partial charge in [-0.1, -0.05) is 13.0 Å². The summed E-state index contributed by atoms with van der Waals surface area (Å²) >= 11 is 5.03. The summed E-state index contributed by atoms with van der Waals surface area (Å²) in [5, 5.41) is 15.5. The first-order valence-electron chi connectivity index (χ1n) is 5.54. The fourth-order valence-corrected chi connectivity index (χ4v) is 2.77. The lowest BCUT2D eigenvalue weighted by Gasteiger charge is -2.12. The predicted molar refractivity (Wildman–Crippen MR) is 77.9 cm³/mol. The Morgan fingerprint density at radius 3 is 3.06 bits per heavy atom. The number of aromatic nitrogens is 1. The van der Waals surface area contributed by atoms with E-state index in [1.54, 1.807) is 11.3 Å². The average Bonchev–Trinajstić information content (AvgIpc) is 2.90. The quantitative estimate of drug-likeness (QED) is 0.926. The second kappa shape index (κ2) is 5.98.